The summed E-state index contributed by atoms with van der Waals surface area (Å²) in [6, 6.07) is 6.57. The quantitative estimate of drug-likeness (QED) is 0.753. The molecule has 2 atom stereocenters. The zero-order valence-corrected chi connectivity index (χ0v) is 9.12. The average molecular weight is 203 g/mol. The van der Waals surface area contributed by atoms with E-state index in [1.807, 2.05) is 0 Å². The molecule has 2 nitrogen and oxygen atoms in total. The zero-order chi connectivity index (χ0) is 10.3. The lowest BCUT2D eigenvalue weighted by atomic mass is 9.77. The van der Waals surface area contributed by atoms with E-state index in [1.54, 1.807) is 12.7 Å². The molecule has 1 aromatic rings. The van der Waals surface area contributed by atoms with Crippen molar-refractivity contribution < 1.29 is 4.74 Å². The van der Waals surface area contributed by atoms with Crippen molar-refractivity contribution in [2.75, 3.05) is 20.2 Å². The molecule has 1 saturated heterocycles. The second-order valence-corrected chi connectivity index (χ2v) is 4.63. The Bertz CT molecular complexity index is 375. The van der Waals surface area contributed by atoms with Gasteiger partial charge in [0.05, 0.1) is 7.11 Å². The predicted octanol–water partition coefficient (Wildman–Crippen LogP) is 1.94. The van der Waals surface area contributed by atoms with E-state index in [2.05, 4.69) is 23.5 Å². The number of methoxy groups -OCH3 is 1. The summed E-state index contributed by atoms with van der Waals surface area (Å²) in [5.41, 5.74) is 3.05. The lowest BCUT2D eigenvalue weighted by Crippen LogP contribution is -2.18. The second kappa shape index (κ2) is 3.53. The zero-order valence-electron chi connectivity index (χ0n) is 9.12. The van der Waals surface area contributed by atoms with Crippen molar-refractivity contribution >= 4 is 0 Å². The van der Waals surface area contributed by atoms with Crippen LogP contribution in [0.25, 0.3) is 0 Å². The lowest BCUT2D eigenvalue weighted by Gasteiger charge is -2.27. The summed E-state index contributed by atoms with van der Waals surface area (Å²) in [7, 11) is 1.74. The molecule has 0 bridgehead atoms. The number of nitrogens with one attached hydrogen (secondary N) is 1. The van der Waals surface area contributed by atoms with Crippen LogP contribution in [-0.4, -0.2) is 20.2 Å². The highest BCUT2D eigenvalue weighted by Crippen LogP contribution is 2.39. The fourth-order valence-corrected chi connectivity index (χ4v) is 3.03. The van der Waals surface area contributed by atoms with Crippen molar-refractivity contribution in [2.24, 2.45) is 5.92 Å². The summed E-state index contributed by atoms with van der Waals surface area (Å²) in [4.78, 5) is 0. The van der Waals surface area contributed by atoms with Gasteiger partial charge in [0.25, 0.3) is 0 Å². The van der Waals surface area contributed by atoms with Crippen LogP contribution in [0, 0.1) is 5.92 Å². The monoisotopic (exact) mass is 203 g/mol. The Morgan fingerprint density at radius 2 is 2.27 bits per heavy atom. The van der Waals surface area contributed by atoms with Crippen molar-refractivity contribution in [3.8, 4) is 5.75 Å². The van der Waals surface area contributed by atoms with Crippen LogP contribution in [0.2, 0.25) is 0 Å². The molecule has 1 aromatic carbocycles. The summed E-state index contributed by atoms with van der Waals surface area (Å²) in [6.45, 7) is 2.36. The van der Waals surface area contributed by atoms with Crippen LogP contribution >= 0.6 is 0 Å². The molecule has 1 fully saturated rings. The molecule has 0 aromatic heterocycles. The first kappa shape index (κ1) is 9.22. The first-order valence-electron chi connectivity index (χ1n) is 5.76. The highest BCUT2D eigenvalue weighted by Gasteiger charge is 2.33. The molecule has 0 saturated carbocycles. The third-order valence-electron chi connectivity index (χ3n) is 3.87. The average Bonchev–Trinajstić information content (AvgIpc) is 2.76. The Hall–Kier alpha value is -1.02. The van der Waals surface area contributed by atoms with E-state index in [0.717, 1.165) is 24.1 Å². The molecule has 0 radical (unpaired) electrons. The molecule has 2 aliphatic rings. The maximum Gasteiger partial charge on any atom is 0.119 e. The summed E-state index contributed by atoms with van der Waals surface area (Å²) >= 11 is 0. The minimum Gasteiger partial charge on any atom is -0.497 e. The molecule has 2 heteroatoms. The first-order chi connectivity index (χ1) is 7.38. The number of aryl methyl sites for hydroxylation is 1. The van der Waals surface area contributed by atoms with E-state index < -0.39 is 0 Å². The van der Waals surface area contributed by atoms with Crippen molar-refractivity contribution in [1.29, 1.82) is 0 Å². The third-order valence-corrected chi connectivity index (χ3v) is 3.87. The van der Waals surface area contributed by atoms with Crippen molar-refractivity contribution in [1.82, 2.24) is 5.32 Å². The molecule has 0 amide bonds. The smallest absolute Gasteiger partial charge is 0.119 e. The van der Waals surface area contributed by atoms with Gasteiger partial charge in [-0.15, -0.1) is 0 Å². The van der Waals surface area contributed by atoms with E-state index >= 15 is 0 Å². The van der Waals surface area contributed by atoms with Crippen LogP contribution in [0.5, 0.6) is 5.75 Å². The fraction of sp³-hybridized carbons (Fsp3) is 0.538. The lowest BCUT2D eigenvalue weighted by molar-refractivity contribution is 0.409. The molecular weight excluding hydrogens is 186 g/mol. The molecular formula is C13H17NO. The Morgan fingerprint density at radius 1 is 1.33 bits per heavy atom. The van der Waals surface area contributed by atoms with Crippen LogP contribution in [0.15, 0.2) is 18.2 Å². The largest absolute Gasteiger partial charge is 0.497 e. The number of hydrogen-bond acceptors (Lipinski definition) is 2. The van der Waals surface area contributed by atoms with Crippen molar-refractivity contribution in [3.05, 3.63) is 29.3 Å². The molecule has 1 aliphatic heterocycles. The Balaban J connectivity index is 2.00. The second-order valence-electron chi connectivity index (χ2n) is 4.63. The topological polar surface area (TPSA) is 21.3 Å². The number of rotatable bonds is 1. The summed E-state index contributed by atoms with van der Waals surface area (Å²) < 4.78 is 5.28. The summed E-state index contributed by atoms with van der Waals surface area (Å²) in [6.07, 6.45) is 2.55. The third kappa shape index (κ3) is 1.44. The van der Waals surface area contributed by atoms with E-state index in [1.165, 1.54) is 24.9 Å². The Kier molecular flexibility index (Phi) is 2.17. The van der Waals surface area contributed by atoms with Gasteiger partial charge in [-0.05, 0) is 48.6 Å². The van der Waals surface area contributed by atoms with Gasteiger partial charge in [-0.3, -0.25) is 0 Å². The molecule has 1 heterocycles. The van der Waals surface area contributed by atoms with Crippen molar-refractivity contribution in [3.63, 3.8) is 0 Å². The highest BCUT2D eigenvalue weighted by atomic mass is 16.5. The van der Waals surface area contributed by atoms with Gasteiger partial charge < -0.3 is 10.1 Å². The molecule has 1 aliphatic carbocycles. The molecule has 2 unspecified atom stereocenters. The van der Waals surface area contributed by atoms with Gasteiger partial charge in [-0.2, -0.15) is 0 Å². The van der Waals surface area contributed by atoms with Gasteiger partial charge in [0.2, 0.25) is 0 Å². The van der Waals surface area contributed by atoms with E-state index in [9.17, 15) is 0 Å². The van der Waals surface area contributed by atoms with Crippen LogP contribution in [-0.2, 0) is 6.42 Å². The molecule has 3 rings (SSSR count). The number of hydrogen-bond donors (Lipinski definition) is 1. The van der Waals surface area contributed by atoms with Crippen molar-refractivity contribution in [2.45, 2.75) is 18.8 Å². The molecule has 80 valence electrons. The fourth-order valence-electron chi connectivity index (χ4n) is 3.03. The van der Waals surface area contributed by atoms with Crippen LogP contribution in [0.1, 0.15) is 23.5 Å². The van der Waals surface area contributed by atoms with Gasteiger partial charge in [0.1, 0.15) is 5.75 Å². The van der Waals surface area contributed by atoms with Gasteiger partial charge in [0.15, 0.2) is 0 Å². The Labute approximate surface area is 90.6 Å². The standard InChI is InChI=1S/C13H17NO/c1-15-11-4-5-12-9(6-11)2-3-10-7-14-8-13(10)12/h4-6,10,13-14H,2-3,7-8H2,1H3. The van der Waals surface area contributed by atoms with Crippen LogP contribution in [0.3, 0.4) is 0 Å². The van der Waals surface area contributed by atoms with Crippen LogP contribution < -0.4 is 10.1 Å². The summed E-state index contributed by atoms with van der Waals surface area (Å²) in [5, 5.41) is 3.50. The molecule has 15 heavy (non-hydrogen) atoms. The van der Waals surface area contributed by atoms with Gasteiger partial charge in [0, 0.05) is 12.5 Å². The van der Waals surface area contributed by atoms with Gasteiger partial charge in [-0.1, -0.05) is 6.07 Å². The van der Waals surface area contributed by atoms with E-state index in [-0.39, 0.29) is 0 Å². The number of benzene rings is 1. The minimum atomic E-state index is 0.750. The maximum absolute atomic E-state index is 5.28. The minimum absolute atomic E-state index is 0.750. The number of fused-ring (bicyclic) bond motifs is 3. The van der Waals surface area contributed by atoms with E-state index in [0.29, 0.717) is 0 Å². The van der Waals surface area contributed by atoms with Gasteiger partial charge >= 0.3 is 0 Å². The molecule has 0 spiro atoms. The molecule has 1 N–H and O–H groups in total. The Morgan fingerprint density at radius 3 is 3.13 bits per heavy atom. The number of ether oxygens (including phenoxy) is 1. The SMILES string of the molecule is COc1ccc2c(c1)CCC1CNCC21. The normalized spacial score (nSPS) is 28.3. The predicted molar refractivity (Wildman–Crippen MR) is 60.4 cm³/mol. The van der Waals surface area contributed by atoms with Crippen LogP contribution in [0.4, 0.5) is 0 Å². The maximum atomic E-state index is 5.28. The highest BCUT2D eigenvalue weighted by molar-refractivity contribution is 5.40. The first-order valence-corrected chi connectivity index (χ1v) is 5.76. The van der Waals surface area contributed by atoms with E-state index in [4.69, 9.17) is 4.74 Å². The van der Waals surface area contributed by atoms with Gasteiger partial charge in [-0.25, -0.2) is 0 Å². The summed E-state index contributed by atoms with van der Waals surface area (Å²) in [5.74, 6) is 2.61.